The van der Waals surface area contributed by atoms with Crippen LogP contribution in [0.1, 0.15) is 98.3 Å². The third kappa shape index (κ3) is 5.44. The van der Waals surface area contributed by atoms with Crippen LogP contribution in [0, 0.1) is 23.2 Å². The maximum absolute atomic E-state index is 10.1. The Balaban J connectivity index is 1.65. The second-order valence-corrected chi connectivity index (χ2v) is 11.2. The summed E-state index contributed by atoms with van der Waals surface area (Å²) in [5.74, 6) is 2.29. The summed E-state index contributed by atoms with van der Waals surface area (Å²) in [4.78, 5) is 0. The molecule has 0 saturated heterocycles. The summed E-state index contributed by atoms with van der Waals surface area (Å²) < 4.78 is 0. The molecule has 5 atom stereocenters. The largest absolute Gasteiger partial charge is 0.390 e. The second kappa shape index (κ2) is 9.10. The van der Waals surface area contributed by atoms with Crippen molar-refractivity contribution in [1.82, 2.24) is 0 Å². The Labute approximate surface area is 179 Å². The monoisotopic (exact) mass is 400 g/mol. The summed E-state index contributed by atoms with van der Waals surface area (Å²) in [7, 11) is 0. The zero-order valence-electron chi connectivity index (χ0n) is 19.3. The lowest BCUT2D eigenvalue weighted by molar-refractivity contribution is 0.0596. The van der Waals surface area contributed by atoms with Crippen LogP contribution in [0.4, 0.5) is 0 Å². The van der Waals surface area contributed by atoms with Crippen molar-refractivity contribution < 1.29 is 10.2 Å². The van der Waals surface area contributed by atoms with E-state index in [9.17, 15) is 10.2 Å². The minimum Gasteiger partial charge on any atom is -0.390 e. The first-order valence-electron chi connectivity index (χ1n) is 12.1. The van der Waals surface area contributed by atoms with Gasteiger partial charge in [-0.1, -0.05) is 56.6 Å². The summed E-state index contributed by atoms with van der Waals surface area (Å²) in [6, 6.07) is 0. The lowest BCUT2D eigenvalue weighted by Crippen LogP contribution is -2.36. The van der Waals surface area contributed by atoms with E-state index in [1.165, 1.54) is 44.1 Å². The Morgan fingerprint density at radius 1 is 1.21 bits per heavy atom. The van der Waals surface area contributed by atoms with Crippen LogP contribution in [0.5, 0.6) is 0 Å². The molecule has 0 aliphatic heterocycles. The number of hydrogen-bond donors (Lipinski definition) is 2. The molecule has 2 nitrogen and oxygen atoms in total. The Kier molecular flexibility index (Phi) is 7.16. The van der Waals surface area contributed by atoms with Gasteiger partial charge in [0.15, 0.2) is 0 Å². The normalized spacial score (nSPS) is 37.2. The lowest BCUT2D eigenvalue weighted by atomic mass is 9.60. The molecule has 29 heavy (non-hydrogen) atoms. The van der Waals surface area contributed by atoms with Gasteiger partial charge >= 0.3 is 0 Å². The van der Waals surface area contributed by atoms with Crippen LogP contribution in [-0.4, -0.2) is 21.9 Å². The van der Waals surface area contributed by atoms with E-state index in [1.807, 2.05) is 13.8 Å². The Morgan fingerprint density at radius 2 is 1.97 bits per heavy atom. The summed E-state index contributed by atoms with van der Waals surface area (Å²) in [6.07, 6.45) is 17.1. The number of aliphatic hydroxyl groups is 2. The molecule has 3 aliphatic carbocycles. The fraction of sp³-hybridized carbons (Fsp3) is 0.778. The number of aliphatic hydroxyl groups excluding tert-OH is 1. The van der Waals surface area contributed by atoms with Gasteiger partial charge in [0.25, 0.3) is 0 Å². The molecule has 0 spiro atoms. The van der Waals surface area contributed by atoms with Gasteiger partial charge in [-0.05, 0) is 100 Å². The molecule has 3 saturated carbocycles. The average Bonchev–Trinajstić information content (AvgIpc) is 2.99. The van der Waals surface area contributed by atoms with E-state index in [1.54, 1.807) is 5.57 Å². The molecular formula is C27H44O2. The van der Waals surface area contributed by atoms with Crippen molar-refractivity contribution in [3.8, 4) is 0 Å². The minimum absolute atomic E-state index is 0.342. The third-order valence-corrected chi connectivity index (χ3v) is 8.40. The Morgan fingerprint density at radius 3 is 2.66 bits per heavy atom. The van der Waals surface area contributed by atoms with Gasteiger partial charge < -0.3 is 10.2 Å². The third-order valence-electron chi connectivity index (χ3n) is 8.40. The predicted octanol–water partition coefficient (Wildman–Crippen LogP) is 6.73. The molecule has 0 aromatic carbocycles. The van der Waals surface area contributed by atoms with E-state index >= 15 is 0 Å². The highest BCUT2D eigenvalue weighted by atomic mass is 16.3. The smallest absolute Gasteiger partial charge is 0.0784 e. The SMILES string of the molecule is C=C1CC/C(=C/C=C2\CCC[C@]3(C)[C@@H]([C@H](C)CCCC(C)(C)O)CC[C@@H]23)C[C@H]1O. The van der Waals surface area contributed by atoms with E-state index in [-0.39, 0.29) is 6.10 Å². The topological polar surface area (TPSA) is 40.5 Å². The zero-order chi connectivity index (χ0) is 21.2. The van der Waals surface area contributed by atoms with Gasteiger partial charge in [0.2, 0.25) is 0 Å². The Bertz CT molecular complexity index is 650. The van der Waals surface area contributed by atoms with Crippen LogP contribution in [-0.2, 0) is 0 Å². The maximum atomic E-state index is 10.1. The zero-order valence-corrected chi connectivity index (χ0v) is 19.3. The van der Waals surface area contributed by atoms with Crippen molar-refractivity contribution >= 4 is 0 Å². The highest BCUT2D eigenvalue weighted by molar-refractivity contribution is 5.28. The van der Waals surface area contributed by atoms with Gasteiger partial charge in [-0.25, -0.2) is 0 Å². The van der Waals surface area contributed by atoms with Crippen molar-refractivity contribution in [1.29, 1.82) is 0 Å². The van der Waals surface area contributed by atoms with Gasteiger partial charge in [0.1, 0.15) is 0 Å². The number of fused-ring (bicyclic) bond motifs is 1. The summed E-state index contributed by atoms with van der Waals surface area (Å²) in [5.41, 5.74) is 3.96. The molecule has 0 aromatic heterocycles. The minimum atomic E-state index is -0.533. The van der Waals surface area contributed by atoms with Crippen molar-refractivity contribution in [3.63, 3.8) is 0 Å². The van der Waals surface area contributed by atoms with Crippen LogP contribution in [0.3, 0.4) is 0 Å². The number of rotatable bonds is 6. The molecule has 0 heterocycles. The van der Waals surface area contributed by atoms with E-state index in [0.29, 0.717) is 5.41 Å². The molecule has 0 amide bonds. The van der Waals surface area contributed by atoms with E-state index in [0.717, 1.165) is 55.4 Å². The molecule has 0 aromatic rings. The summed E-state index contributed by atoms with van der Waals surface area (Å²) >= 11 is 0. The second-order valence-electron chi connectivity index (χ2n) is 11.2. The van der Waals surface area contributed by atoms with Crippen molar-refractivity contribution in [2.24, 2.45) is 23.2 Å². The molecule has 2 heteroatoms. The van der Waals surface area contributed by atoms with Crippen LogP contribution < -0.4 is 0 Å². The lowest BCUT2D eigenvalue weighted by Gasteiger charge is -2.44. The standard InChI is InChI=1S/C27H44O2/c1-19(8-6-16-26(3,4)29)23-14-15-24-22(9-7-17-27(23,24)5)13-12-21-11-10-20(2)25(28)18-21/h12-13,19,23-25,28-29H,2,6-11,14-18H2,1,3-5H3/b21-12-,22-13+/t19-,23-,24+,25-,27-/m1/s1. The molecule has 0 radical (unpaired) electrons. The maximum Gasteiger partial charge on any atom is 0.0784 e. The number of hydrogen-bond acceptors (Lipinski definition) is 2. The average molecular weight is 401 g/mol. The molecule has 0 bridgehead atoms. The van der Waals surface area contributed by atoms with Crippen LogP contribution in [0.2, 0.25) is 0 Å². The van der Waals surface area contributed by atoms with Gasteiger partial charge in [0.05, 0.1) is 11.7 Å². The van der Waals surface area contributed by atoms with Crippen molar-refractivity contribution in [2.75, 3.05) is 0 Å². The van der Waals surface area contributed by atoms with Gasteiger partial charge in [-0.2, -0.15) is 0 Å². The molecule has 2 N–H and O–H groups in total. The van der Waals surface area contributed by atoms with Gasteiger partial charge in [0, 0.05) is 0 Å². The van der Waals surface area contributed by atoms with Crippen molar-refractivity contribution in [2.45, 2.75) is 110 Å². The summed E-state index contributed by atoms with van der Waals surface area (Å²) in [6.45, 7) is 12.9. The van der Waals surface area contributed by atoms with Crippen LogP contribution in [0.25, 0.3) is 0 Å². The first-order valence-corrected chi connectivity index (χ1v) is 12.1. The molecule has 3 rings (SSSR count). The summed E-state index contributed by atoms with van der Waals surface area (Å²) in [5, 5.41) is 20.1. The van der Waals surface area contributed by atoms with E-state index < -0.39 is 5.60 Å². The molecule has 3 fully saturated rings. The van der Waals surface area contributed by atoms with Crippen LogP contribution >= 0.6 is 0 Å². The molecule has 0 unspecified atom stereocenters. The highest BCUT2D eigenvalue weighted by Crippen LogP contribution is 2.59. The molecule has 164 valence electrons. The Hall–Kier alpha value is -0.860. The first-order chi connectivity index (χ1) is 13.6. The first kappa shape index (κ1) is 22.8. The highest BCUT2D eigenvalue weighted by Gasteiger charge is 2.50. The predicted molar refractivity (Wildman–Crippen MR) is 123 cm³/mol. The van der Waals surface area contributed by atoms with Crippen molar-refractivity contribution in [3.05, 3.63) is 35.5 Å². The fourth-order valence-corrected chi connectivity index (χ4v) is 6.63. The molecular weight excluding hydrogens is 356 g/mol. The van der Waals surface area contributed by atoms with Gasteiger partial charge in [-0.15, -0.1) is 0 Å². The fourth-order valence-electron chi connectivity index (χ4n) is 6.63. The van der Waals surface area contributed by atoms with Crippen LogP contribution in [0.15, 0.2) is 35.5 Å². The number of allylic oxidation sites excluding steroid dienone is 3. The van der Waals surface area contributed by atoms with Gasteiger partial charge in [-0.3, -0.25) is 0 Å². The molecule has 3 aliphatic rings. The van der Waals surface area contributed by atoms with E-state index in [2.05, 4.69) is 32.6 Å². The quantitative estimate of drug-likeness (QED) is 0.485. The van der Waals surface area contributed by atoms with E-state index in [4.69, 9.17) is 0 Å².